The number of nitrogens with zero attached hydrogens (tertiary/aromatic N) is 2. The SMILES string of the molecule is COC(=O)c1c(-c2coc3ccccc3c2=O)nn(-c2ccc(C)cc2)c1C(=O)OC. The van der Waals surface area contributed by atoms with Crippen LogP contribution in [0.4, 0.5) is 0 Å². The zero-order valence-corrected chi connectivity index (χ0v) is 17.0. The van der Waals surface area contributed by atoms with Gasteiger partial charge in [0.1, 0.15) is 23.1 Å². The number of aryl methyl sites for hydroxylation is 1. The van der Waals surface area contributed by atoms with Gasteiger partial charge < -0.3 is 13.9 Å². The Bertz CT molecular complexity index is 1370. The number of ether oxygens (including phenoxy) is 2. The van der Waals surface area contributed by atoms with Gasteiger partial charge in [0.2, 0.25) is 5.43 Å². The first-order chi connectivity index (χ1) is 15.0. The van der Waals surface area contributed by atoms with Crippen LogP contribution in [0, 0.1) is 6.92 Å². The maximum atomic E-state index is 13.2. The van der Waals surface area contributed by atoms with Gasteiger partial charge >= 0.3 is 11.9 Å². The molecule has 2 aromatic heterocycles. The maximum absolute atomic E-state index is 13.2. The van der Waals surface area contributed by atoms with Gasteiger partial charge in [-0.25, -0.2) is 14.3 Å². The van der Waals surface area contributed by atoms with Crippen molar-refractivity contribution >= 4 is 22.9 Å². The summed E-state index contributed by atoms with van der Waals surface area (Å²) in [6.07, 6.45) is 1.22. The lowest BCUT2D eigenvalue weighted by atomic mass is 10.1. The predicted octanol–water partition coefficient (Wildman–Crippen LogP) is 3.53. The highest BCUT2D eigenvalue weighted by Gasteiger charge is 2.32. The van der Waals surface area contributed by atoms with E-state index < -0.39 is 17.4 Å². The van der Waals surface area contributed by atoms with E-state index in [1.807, 2.05) is 19.1 Å². The third kappa shape index (κ3) is 3.38. The minimum atomic E-state index is -0.832. The molecule has 4 rings (SSSR count). The van der Waals surface area contributed by atoms with E-state index in [9.17, 15) is 14.4 Å². The van der Waals surface area contributed by atoms with E-state index in [1.165, 1.54) is 25.2 Å². The van der Waals surface area contributed by atoms with Gasteiger partial charge in [-0.2, -0.15) is 5.10 Å². The lowest BCUT2D eigenvalue weighted by Gasteiger charge is -2.07. The van der Waals surface area contributed by atoms with Gasteiger partial charge in [0.15, 0.2) is 5.69 Å². The van der Waals surface area contributed by atoms with Crippen LogP contribution in [0.25, 0.3) is 27.9 Å². The number of hydrogen-bond acceptors (Lipinski definition) is 7. The Hall–Kier alpha value is -4.20. The van der Waals surface area contributed by atoms with Crippen LogP contribution < -0.4 is 5.43 Å². The number of carbonyl (C=O) groups excluding carboxylic acids is 2. The molecule has 2 heterocycles. The molecule has 0 unspecified atom stereocenters. The van der Waals surface area contributed by atoms with Crippen LogP contribution in [0.5, 0.6) is 0 Å². The maximum Gasteiger partial charge on any atom is 0.357 e. The molecule has 0 amide bonds. The molecule has 0 bridgehead atoms. The quantitative estimate of drug-likeness (QED) is 0.467. The highest BCUT2D eigenvalue weighted by atomic mass is 16.5. The summed E-state index contributed by atoms with van der Waals surface area (Å²) >= 11 is 0. The van der Waals surface area contributed by atoms with Gasteiger partial charge in [-0.05, 0) is 31.2 Å². The monoisotopic (exact) mass is 418 g/mol. The lowest BCUT2D eigenvalue weighted by Crippen LogP contribution is -2.15. The number of rotatable bonds is 4. The highest BCUT2D eigenvalue weighted by Crippen LogP contribution is 2.29. The predicted molar refractivity (Wildman–Crippen MR) is 112 cm³/mol. The molecular formula is C23H18N2O6. The third-order valence-electron chi connectivity index (χ3n) is 4.87. The zero-order chi connectivity index (χ0) is 22.1. The van der Waals surface area contributed by atoms with Crippen molar-refractivity contribution in [3.8, 4) is 16.9 Å². The van der Waals surface area contributed by atoms with Crippen LogP contribution in [-0.2, 0) is 9.47 Å². The largest absolute Gasteiger partial charge is 0.465 e. The second-order valence-electron chi connectivity index (χ2n) is 6.78. The van der Waals surface area contributed by atoms with Crippen LogP contribution in [0.3, 0.4) is 0 Å². The molecule has 8 heteroatoms. The van der Waals surface area contributed by atoms with Gasteiger partial charge in [0.25, 0.3) is 0 Å². The third-order valence-corrected chi connectivity index (χ3v) is 4.87. The Balaban J connectivity index is 2.08. The normalized spacial score (nSPS) is 10.8. The molecule has 0 atom stereocenters. The molecule has 0 spiro atoms. The summed E-state index contributed by atoms with van der Waals surface area (Å²) in [6.45, 7) is 1.92. The van der Waals surface area contributed by atoms with Crippen molar-refractivity contribution in [2.24, 2.45) is 0 Å². The first-order valence-corrected chi connectivity index (χ1v) is 9.34. The average Bonchev–Trinajstić information content (AvgIpc) is 3.19. The molecular weight excluding hydrogens is 400 g/mol. The number of aromatic nitrogens is 2. The second-order valence-corrected chi connectivity index (χ2v) is 6.78. The lowest BCUT2D eigenvalue weighted by molar-refractivity contribution is 0.0549. The van der Waals surface area contributed by atoms with E-state index in [4.69, 9.17) is 13.9 Å². The summed E-state index contributed by atoms with van der Waals surface area (Å²) < 4.78 is 16.6. The average molecular weight is 418 g/mol. The smallest absolute Gasteiger partial charge is 0.357 e. The van der Waals surface area contributed by atoms with E-state index in [2.05, 4.69) is 5.10 Å². The fourth-order valence-electron chi connectivity index (χ4n) is 3.30. The molecule has 0 aliphatic heterocycles. The van der Waals surface area contributed by atoms with E-state index in [0.29, 0.717) is 16.7 Å². The highest BCUT2D eigenvalue weighted by molar-refractivity contribution is 6.07. The zero-order valence-electron chi connectivity index (χ0n) is 17.0. The van der Waals surface area contributed by atoms with Crippen molar-refractivity contribution in [1.82, 2.24) is 9.78 Å². The van der Waals surface area contributed by atoms with Crippen molar-refractivity contribution in [1.29, 1.82) is 0 Å². The molecule has 0 saturated carbocycles. The fraction of sp³-hybridized carbons (Fsp3) is 0.130. The Morgan fingerprint density at radius 2 is 1.65 bits per heavy atom. The van der Waals surface area contributed by atoms with Crippen LogP contribution in [0.15, 0.2) is 64.0 Å². The van der Waals surface area contributed by atoms with Gasteiger partial charge in [-0.1, -0.05) is 29.8 Å². The first-order valence-electron chi connectivity index (χ1n) is 9.34. The van der Waals surface area contributed by atoms with Crippen molar-refractivity contribution in [2.75, 3.05) is 14.2 Å². The molecule has 0 N–H and O–H groups in total. The van der Waals surface area contributed by atoms with Gasteiger partial charge in [-0.15, -0.1) is 0 Å². The number of methoxy groups -OCH3 is 2. The Labute approximate surface area is 176 Å². The van der Waals surface area contributed by atoms with Crippen molar-refractivity contribution in [3.05, 3.63) is 81.8 Å². The molecule has 0 aliphatic rings. The van der Waals surface area contributed by atoms with E-state index in [0.717, 1.165) is 5.56 Å². The van der Waals surface area contributed by atoms with Gasteiger partial charge in [0.05, 0.1) is 30.9 Å². The molecule has 0 radical (unpaired) electrons. The minimum absolute atomic E-state index is 0.0233. The summed E-state index contributed by atoms with van der Waals surface area (Å²) in [5, 5.41) is 4.76. The molecule has 0 fully saturated rings. The van der Waals surface area contributed by atoms with E-state index >= 15 is 0 Å². The summed E-state index contributed by atoms with van der Waals surface area (Å²) in [7, 11) is 2.37. The molecule has 4 aromatic rings. The van der Waals surface area contributed by atoms with Crippen LogP contribution in [0.1, 0.15) is 26.4 Å². The second kappa shape index (κ2) is 7.91. The number of para-hydroxylation sites is 1. The fourth-order valence-corrected chi connectivity index (χ4v) is 3.30. The van der Waals surface area contributed by atoms with Gasteiger partial charge in [-0.3, -0.25) is 4.79 Å². The van der Waals surface area contributed by atoms with E-state index in [1.54, 1.807) is 36.4 Å². The molecule has 8 nitrogen and oxygen atoms in total. The first kappa shape index (κ1) is 20.1. The number of benzene rings is 2. The Morgan fingerprint density at radius 3 is 2.32 bits per heavy atom. The standard InChI is InChI=1S/C23H18N2O6/c1-13-8-10-14(11-9-13)25-20(23(28)30-3)18(22(27)29-2)19(24-25)16-12-31-17-7-5-4-6-15(17)21(16)26/h4-12H,1-3H3. The number of carbonyl (C=O) groups is 2. The number of fused-ring (bicyclic) bond motifs is 1. The van der Waals surface area contributed by atoms with Crippen LogP contribution in [-0.4, -0.2) is 35.9 Å². The van der Waals surface area contributed by atoms with Gasteiger partial charge in [0, 0.05) is 0 Å². The summed E-state index contributed by atoms with van der Waals surface area (Å²) in [4.78, 5) is 38.5. The summed E-state index contributed by atoms with van der Waals surface area (Å²) in [6, 6.07) is 13.9. The summed E-state index contributed by atoms with van der Waals surface area (Å²) in [5.41, 5.74) is 1.16. The topological polar surface area (TPSA) is 101 Å². The van der Waals surface area contributed by atoms with Crippen molar-refractivity contribution in [3.63, 3.8) is 0 Å². The minimum Gasteiger partial charge on any atom is -0.465 e. The Morgan fingerprint density at radius 1 is 0.968 bits per heavy atom. The molecule has 2 aromatic carbocycles. The summed E-state index contributed by atoms with van der Waals surface area (Å²) in [5.74, 6) is -1.63. The molecule has 156 valence electrons. The molecule has 31 heavy (non-hydrogen) atoms. The van der Waals surface area contributed by atoms with E-state index in [-0.39, 0.29) is 22.5 Å². The van der Waals surface area contributed by atoms with Crippen molar-refractivity contribution in [2.45, 2.75) is 6.92 Å². The number of hydrogen-bond donors (Lipinski definition) is 0. The Kier molecular flexibility index (Phi) is 5.12. The van der Waals surface area contributed by atoms with Crippen molar-refractivity contribution < 1.29 is 23.5 Å². The molecule has 0 saturated heterocycles. The van der Waals surface area contributed by atoms with Crippen LogP contribution in [0.2, 0.25) is 0 Å². The van der Waals surface area contributed by atoms with Crippen LogP contribution >= 0.6 is 0 Å². The number of esters is 2. The molecule has 0 aliphatic carbocycles.